The number of aromatic nitrogens is 2. The summed E-state index contributed by atoms with van der Waals surface area (Å²) in [6.07, 6.45) is -9.77. The van der Waals surface area contributed by atoms with Crippen LogP contribution in [0.3, 0.4) is 0 Å². The zero-order valence-corrected chi connectivity index (χ0v) is 14.3. The minimum absolute atomic E-state index is 0.0606. The topological polar surface area (TPSA) is 56.2 Å². The third-order valence-corrected chi connectivity index (χ3v) is 3.78. The summed E-state index contributed by atoms with van der Waals surface area (Å²) in [6, 6.07) is 4.40. The number of rotatable bonds is 5. The van der Waals surface area contributed by atoms with Crippen molar-refractivity contribution in [2.24, 2.45) is 0 Å². The Hall–Kier alpha value is -2.43. The molecule has 0 aliphatic carbocycles. The maximum absolute atomic E-state index is 12.7. The Kier molecular flexibility index (Phi) is 5.93. The van der Waals surface area contributed by atoms with E-state index in [1.165, 1.54) is 19.1 Å². The molecule has 0 saturated carbocycles. The van der Waals surface area contributed by atoms with Gasteiger partial charge in [-0.05, 0) is 31.2 Å². The summed E-state index contributed by atoms with van der Waals surface area (Å²) < 4.78 is 79.1. The largest absolute Gasteiger partial charge is 0.573 e. The molecule has 0 aliphatic rings. The molecule has 12 heteroatoms. The van der Waals surface area contributed by atoms with Gasteiger partial charge in [0.15, 0.2) is 5.69 Å². The summed E-state index contributed by atoms with van der Waals surface area (Å²) in [7, 11) is 0. The fourth-order valence-electron chi connectivity index (χ4n) is 2.09. The summed E-state index contributed by atoms with van der Waals surface area (Å²) in [5, 5.41) is 5.22. The quantitative estimate of drug-likeness (QED) is 0.714. The number of aryl methyl sites for hydroxylation is 1. The van der Waals surface area contributed by atoms with Gasteiger partial charge in [0.1, 0.15) is 5.75 Å². The first-order valence-corrected chi connectivity index (χ1v) is 7.70. The summed E-state index contributed by atoms with van der Waals surface area (Å²) in [4.78, 5) is 11.9. The molecule has 5 nitrogen and oxygen atoms in total. The number of carbonyl (C=O) groups excluding carboxylic acids is 1. The molecule has 1 aromatic carbocycles. The van der Waals surface area contributed by atoms with Crippen molar-refractivity contribution >= 4 is 23.2 Å². The van der Waals surface area contributed by atoms with Gasteiger partial charge < -0.3 is 10.1 Å². The number of halogens is 7. The van der Waals surface area contributed by atoms with Gasteiger partial charge in [0.2, 0.25) is 5.91 Å². The van der Waals surface area contributed by atoms with Crippen LogP contribution < -0.4 is 10.1 Å². The van der Waals surface area contributed by atoms with Crippen molar-refractivity contribution in [2.75, 3.05) is 5.32 Å². The van der Waals surface area contributed by atoms with E-state index in [4.69, 9.17) is 11.6 Å². The number of amides is 1. The predicted molar refractivity (Wildman–Crippen MR) is 83.3 cm³/mol. The molecule has 0 bridgehead atoms. The van der Waals surface area contributed by atoms with Crippen LogP contribution in [0.4, 0.5) is 32.0 Å². The average Bonchev–Trinajstić information content (AvgIpc) is 2.81. The van der Waals surface area contributed by atoms with E-state index in [0.29, 0.717) is 0 Å². The Morgan fingerprint density at radius 3 is 2.26 bits per heavy atom. The molecule has 0 aliphatic heterocycles. The molecule has 27 heavy (non-hydrogen) atoms. The Bertz CT molecular complexity index is 815. The van der Waals surface area contributed by atoms with Gasteiger partial charge in [0, 0.05) is 12.1 Å². The van der Waals surface area contributed by atoms with E-state index in [-0.39, 0.29) is 24.3 Å². The lowest BCUT2D eigenvalue weighted by Gasteiger charge is -2.10. The molecular weight excluding hydrogens is 404 g/mol. The standard InChI is InChI=1S/C15H12ClF6N3O2/c1-8-12(16)13(14(17,18)19)24-25(8)7-6-11(26)23-9-2-4-10(5-3-9)27-15(20,21)22/h2-5H,6-7H2,1H3,(H,23,26). The van der Waals surface area contributed by atoms with Crippen molar-refractivity contribution in [3.05, 3.63) is 40.7 Å². The van der Waals surface area contributed by atoms with Crippen LogP contribution in [0.2, 0.25) is 5.02 Å². The molecule has 0 fully saturated rings. The summed E-state index contributed by atoms with van der Waals surface area (Å²) in [6.45, 7) is 1.17. The Labute approximate surface area is 153 Å². The molecule has 0 spiro atoms. The van der Waals surface area contributed by atoms with Crippen LogP contribution in [0.25, 0.3) is 0 Å². The first-order valence-electron chi connectivity index (χ1n) is 7.32. The lowest BCUT2D eigenvalue weighted by Crippen LogP contribution is -2.17. The number of benzene rings is 1. The van der Waals surface area contributed by atoms with Gasteiger partial charge in [-0.25, -0.2) is 0 Å². The second-order valence-electron chi connectivity index (χ2n) is 5.34. The number of ether oxygens (including phenoxy) is 1. The second-order valence-corrected chi connectivity index (χ2v) is 5.72. The summed E-state index contributed by atoms with van der Waals surface area (Å²) >= 11 is 5.61. The van der Waals surface area contributed by atoms with E-state index in [2.05, 4.69) is 15.2 Å². The number of anilines is 1. The zero-order chi connectivity index (χ0) is 20.4. The summed E-state index contributed by atoms with van der Waals surface area (Å²) in [5.74, 6) is -1.03. The van der Waals surface area contributed by atoms with Gasteiger partial charge in [-0.15, -0.1) is 13.2 Å². The van der Waals surface area contributed by atoms with Crippen molar-refractivity contribution in [3.8, 4) is 5.75 Å². The molecule has 1 heterocycles. The normalized spacial score (nSPS) is 12.1. The van der Waals surface area contributed by atoms with Crippen LogP contribution in [0.5, 0.6) is 5.75 Å². The van der Waals surface area contributed by atoms with Crippen molar-refractivity contribution in [1.82, 2.24) is 9.78 Å². The molecule has 1 N–H and O–H groups in total. The molecule has 2 aromatic rings. The fourth-order valence-corrected chi connectivity index (χ4v) is 2.34. The molecule has 148 valence electrons. The first-order chi connectivity index (χ1) is 12.4. The number of nitrogens with zero attached hydrogens (tertiary/aromatic N) is 2. The lowest BCUT2D eigenvalue weighted by atomic mass is 10.3. The Balaban J connectivity index is 1.95. The molecular formula is C15H12ClF6N3O2. The fraction of sp³-hybridized carbons (Fsp3) is 0.333. The molecule has 0 unspecified atom stereocenters. The zero-order valence-electron chi connectivity index (χ0n) is 13.6. The predicted octanol–water partition coefficient (Wildman–Crippen LogP) is 4.79. The van der Waals surface area contributed by atoms with Crippen molar-refractivity contribution in [3.63, 3.8) is 0 Å². The Morgan fingerprint density at radius 1 is 1.19 bits per heavy atom. The molecule has 0 atom stereocenters. The van der Waals surface area contributed by atoms with E-state index in [9.17, 15) is 31.1 Å². The number of hydrogen-bond donors (Lipinski definition) is 1. The number of carbonyl (C=O) groups is 1. The highest BCUT2D eigenvalue weighted by molar-refractivity contribution is 6.31. The van der Waals surface area contributed by atoms with Crippen LogP contribution in [-0.2, 0) is 17.5 Å². The van der Waals surface area contributed by atoms with Crippen molar-refractivity contribution in [1.29, 1.82) is 0 Å². The molecule has 1 aromatic heterocycles. The van der Waals surface area contributed by atoms with E-state index in [1.807, 2.05) is 0 Å². The monoisotopic (exact) mass is 415 g/mol. The third-order valence-electron chi connectivity index (χ3n) is 3.32. The summed E-state index contributed by atoms with van der Waals surface area (Å²) in [5.41, 5.74) is -0.978. The molecule has 2 rings (SSSR count). The van der Waals surface area contributed by atoms with Crippen LogP contribution in [-0.4, -0.2) is 22.1 Å². The van der Waals surface area contributed by atoms with Gasteiger partial charge in [-0.3, -0.25) is 9.48 Å². The number of hydrogen-bond acceptors (Lipinski definition) is 3. The highest BCUT2D eigenvalue weighted by Gasteiger charge is 2.38. The van der Waals surface area contributed by atoms with Crippen LogP contribution in [0.1, 0.15) is 17.8 Å². The van der Waals surface area contributed by atoms with Crippen LogP contribution in [0, 0.1) is 6.92 Å². The Morgan fingerprint density at radius 2 is 1.78 bits per heavy atom. The lowest BCUT2D eigenvalue weighted by molar-refractivity contribution is -0.274. The number of alkyl halides is 6. The minimum atomic E-state index is -4.83. The molecule has 0 saturated heterocycles. The molecule has 0 radical (unpaired) electrons. The van der Waals surface area contributed by atoms with Gasteiger partial charge in [-0.1, -0.05) is 11.6 Å². The van der Waals surface area contributed by atoms with Crippen LogP contribution in [0.15, 0.2) is 24.3 Å². The maximum Gasteiger partial charge on any atom is 0.573 e. The third kappa shape index (κ3) is 5.78. The smallest absolute Gasteiger partial charge is 0.406 e. The maximum atomic E-state index is 12.7. The minimum Gasteiger partial charge on any atom is -0.406 e. The van der Waals surface area contributed by atoms with Crippen molar-refractivity contribution in [2.45, 2.75) is 32.4 Å². The van der Waals surface area contributed by atoms with Gasteiger partial charge in [0.25, 0.3) is 0 Å². The van der Waals surface area contributed by atoms with E-state index < -0.39 is 34.9 Å². The van der Waals surface area contributed by atoms with Gasteiger partial charge in [-0.2, -0.15) is 18.3 Å². The van der Waals surface area contributed by atoms with E-state index in [1.54, 1.807) is 0 Å². The van der Waals surface area contributed by atoms with Crippen LogP contribution >= 0.6 is 11.6 Å². The number of nitrogens with one attached hydrogen (secondary N) is 1. The average molecular weight is 416 g/mol. The van der Waals surface area contributed by atoms with E-state index >= 15 is 0 Å². The van der Waals surface area contributed by atoms with Gasteiger partial charge >= 0.3 is 12.5 Å². The first kappa shape index (κ1) is 20.9. The van der Waals surface area contributed by atoms with Crippen molar-refractivity contribution < 1.29 is 35.9 Å². The van der Waals surface area contributed by atoms with Gasteiger partial charge in [0.05, 0.1) is 17.3 Å². The second kappa shape index (κ2) is 7.67. The highest BCUT2D eigenvalue weighted by Crippen LogP contribution is 2.35. The highest BCUT2D eigenvalue weighted by atomic mass is 35.5. The van der Waals surface area contributed by atoms with E-state index in [0.717, 1.165) is 16.8 Å². The molecule has 1 amide bonds. The SMILES string of the molecule is Cc1c(Cl)c(C(F)(F)F)nn1CCC(=O)Nc1ccc(OC(F)(F)F)cc1.